The predicted molar refractivity (Wildman–Crippen MR) is 69.6 cm³/mol. The average molecular weight is 259 g/mol. The summed E-state index contributed by atoms with van der Waals surface area (Å²) in [6.45, 7) is 1.80. The minimum Gasteiger partial charge on any atom is -0.478 e. The molecule has 2 rings (SSSR count). The van der Waals surface area contributed by atoms with Crippen LogP contribution in [0.1, 0.15) is 24.0 Å². The molecule has 1 aromatic carbocycles. The largest absolute Gasteiger partial charge is 0.478 e. The second-order valence-corrected chi connectivity index (χ2v) is 4.34. The molecule has 5 heteroatoms. The van der Waals surface area contributed by atoms with E-state index in [4.69, 9.17) is 5.11 Å². The lowest BCUT2D eigenvalue weighted by Gasteiger charge is -2.15. The molecule has 0 aromatic heterocycles. The fourth-order valence-electron chi connectivity index (χ4n) is 2.01. The highest BCUT2D eigenvalue weighted by Gasteiger charge is 2.30. The maximum atomic E-state index is 11.6. The highest BCUT2D eigenvalue weighted by atomic mass is 16.4. The third kappa shape index (κ3) is 2.70. The van der Waals surface area contributed by atoms with Crippen molar-refractivity contribution < 1.29 is 19.5 Å². The van der Waals surface area contributed by atoms with Crippen LogP contribution < -0.4 is 4.90 Å². The number of hydrogen-bond acceptors (Lipinski definition) is 3. The van der Waals surface area contributed by atoms with Gasteiger partial charge in [0.05, 0.1) is 5.69 Å². The van der Waals surface area contributed by atoms with E-state index in [0.717, 1.165) is 17.2 Å². The van der Waals surface area contributed by atoms with E-state index in [-0.39, 0.29) is 24.7 Å². The fourth-order valence-corrected chi connectivity index (χ4v) is 2.01. The molecule has 2 amide bonds. The van der Waals surface area contributed by atoms with Crippen LogP contribution in [0.5, 0.6) is 0 Å². The summed E-state index contributed by atoms with van der Waals surface area (Å²) < 4.78 is 0. The number of anilines is 1. The van der Waals surface area contributed by atoms with E-state index in [1.54, 1.807) is 25.1 Å². The van der Waals surface area contributed by atoms with Crippen LogP contribution in [0.15, 0.2) is 24.3 Å². The molecule has 5 nitrogen and oxygen atoms in total. The van der Waals surface area contributed by atoms with Crippen LogP contribution in [-0.2, 0) is 14.4 Å². The predicted octanol–water partition coefficient (Wildman–Crippen LogP) is 1.75. The van der Waals surface area contributed by atoms with Crippen LogP contribution in [-0.4, -0.2) is 22.9 Å². The highest BCUT2D eigenvalue weighted by Crippen LogP contribution is 2.25. The smallest absolute Gasteiger partial charge is 0.328 e. The number of rotatable bonds is 3. The topological polar surface area (TPSA) is 74.7 Å². The Labute approximate surface area is 110 Å². The summed E-state index contributed by atoms with van der Waals surface area (Å²) in [6.07, 6.45) is 3.03. The van der Waals surface area contributed by atoms with Gasteiger partial charge in [0.15, 0.2) is 0 Å². The molecular formula is C14H13NO4. The van der Waals surface area contributed by atoms with E-state index in [2.05, 4.69) is 0 Å². The van der Waals surface area contributed by atoms with Gasteiger partial charge in [-0.25, -0.2) is 4.79 Å². The summed E-state index contributed by atoms with van der Waals surface area (Å²) in [5.41, 5.74) is 2.09. The van der Waals surface area contributed by atoms with Crippen LogP contribution in [0.2, 0.25) is 0 Å². The minimum atomic E-state index is -1.02. The van der Waals surface area contributed by atoms with Gasteiger partial charge in [-0.05, 0) is 36.3 Å². The first-order chi connectivity index (χ1) is 8.99. The van der Waals surface area contributed by atoms with Crippen molar-refractivity contribution in [3.63, 3.8) is 0 Å². The second kappa shape index (κ2) is 5.06. The van der Waals surface area contributed by atoms with E-state index in [1.807, 2.05) is 0 Å². The summed E-state index contributed by atoms with van der Waals surface area (Å²) in [6, 6.07) is 5.06. The van der Waals surface area contributed by atoms with Gasteiger partial charge in [-0.1, -0.05) is 6.07 Å². The molecule has 1 N–H and O–H groups in total. The summed E-state index contributed by atoms with van der Waals surface area (Å²) in [4.78, 5) is 34.9. The molecule has 1 aromatic rings. The van der Waals surface area contributed by atoms with Gasteiger partial charge in [-0.3, -0.25) is 14.5 Å². The zero-order chi connectivity index (χ0) is 14.0. The van der Waals surface area contributed by atoms with Gasteiger partial charge in [-0.2, -0.15) is 0 Å². The van der Waals surface area contributed by atoms with Gasteiger partial charge in [0.1, 0.15) is 0 Å². The standard InChI is InChI=1S/C14H13NO4/c1-9-8-11(15-12(16)5-6-13(15)17)4-2-10(9)3-7-14(18)19/h2-4,7-8H,5-6H2,1H3,(H,18,19). The lowest BCUT2D eigenvalue weighted by Crippen LogP contribution is -2.28. The normalized spacial score (nSPS) is 15.5. The number of benzene rings is 1. The monoisotopic (exact) mass is 259 g/mol. The molecule has 0 atom stereocenters. The highest BCUT2D eigenvalue weighted by molar-refractivity contribution is 6.19. The molecule has 19 heavy (non-hydrogen) atoms. The maximum Gasteiger partial charge on any atom is 0.328 e. The molecule has 0 aliphatic carbocycles. The molecule has 1 saturated heterocycles. The molecule has 0 bridgehead atoms. The van der Waals surface area contributed by atoms with Gasteiger partial charge in [0.2, 0.25) is 11.8 Å². The summed E-state index contributed by atoms with van der Waals surface area (Å²) >= 11 is 0. The molecule has 1 aliphatic heterocycles. The summed E-state index contributed by atoms with van der Waals surface area (Å²) in [7, 11) is 0. The number of nitrogens with zero attached hydrogens (tertiary/aromatic N) is 1. The third-order valence-electron chi connectivity index (χ3n) is 2.97. The summed E-state index contributed by atoms with van der Waals surface area (Å²) in [5.74, 6) is -1.41. The number of carboxylic acid groups (broad SMARTS) is 1. The molecule has 0 unspecified atom stereocenters. The number of aryl methyl sites for hydroxylation is 1. The first kappa shape index (κ1) is 13.0. The molecule has 1 fully saturated rings. The number of carboxylic acids is 1. The van der Waals surface area contributed by atoms with Crippen molar-refractivity contribution in [3.05, 3.63) is 35.4 Å². The minimum absolute atomic E-state index is 0.196. The van der Waals surface area contributed by atoms with Crippen LogP contribution in [0.25, 0.3) is 6.08 Å². The van der Waals surface area contributed by atoms with Gasteiger partial charge in [-0.15, -0.1) is 0 Å². The van der Waals surface area contributed by atoms with Crippen molar-refractivity contribution >= 4 is 29.5 Å². The van der Waals surface area contributed by atoms with E-state index in [0.29, 0.717) is 5.69 Å². The lowest BCUT2D eigenvalue weighted by atomic mass is 10.1. The van der Waals surface area contributed by atoms with E-state index in [1.165, 1.54) is 11.0 Å². The Morgan fingerprint density at radius 3 is 2.42 bits per heavy atom. The van der Waals surface area contributed by atoms with E-state index in [9.17, 15) is 14.4 Å². The lowest BCUT2D eigenvalue weighted by molar-refractivity contribution is -0.131. The molecular weight excluding hydrogens is 246 g/mol. The zero-order valence-corrected chi connectivity index (χ0v) is 10.4. The molecule has 0 spiro atoms. The Morgan fingerprint density at radius 1 is 1.26 bits per heavy atom. The SMILES string of the molecule is Cc1cc(N2C(=O)CCC2=O)ccc1C=CC(=O)O. The van der Waals surface area contributed by atoms with Gasteiger partial charge in [0.25, 0.3) is 0 Å². The molecule has 0 radical (unpaired) electrons. The van der Waals surface area contributed by atoms with Crippen LogP contribution in [0.4, 0.5) is 5.69 Å². The van der Waals surface area contributed by atoms with Gasteiger partial charge >= 0.3 is 5.97 Å². The molecule has 0 saturated carbocycles. The maximum absolute atomic E-state index is 11.6. The number of carbonyl (C=O) groups excluding carboxylic acids is 2. The number of aliphatic carboxylic acids is 1. The van der Waals surface area contributed by atoms with Crippen LogP contribution in [0.3, 0.4) is 0 Å². The first-order valence-electron chi connectivity index (χ1n) is 5.86. The molecule has 1 heterocycles. The van der Waals surface area contributed by atoms with Crippen molar-refractivity contribution in [1.82, 2.24) is 0 Å². The fraction of sp³-hybridized carbons (Fsp3) is 0.214. The van der Waals surface area contributed by atoms with Gasteiger partial charge < -0.3 is 5.11 Å². The van der Waals surface area contributed by atoms with Crippen LogP contribution in [0, 0.1) is 6.92 Å². The first-order valence-corrected chi connectivity index (χ1v) is 5.86. The quantitative estimate of drug-likeness (QED) is 0.662. The Balaban J connectivity index is 2.31. The Morgan fingerprint density at radius 2 is 1.89 bits per heavy atom. The number of imide groups is 1. The van der Waals surface area contributed by atoms with E-state index < -0.39 is 5.97 Å². The van der Waals surface area contributed by atoms with Crippen molar-refractivity contribution in [2.75, 3.05) is 4.90 Å². The van der Waals surface area contributed by atoms with Crippen molar-refractivity contribution in [3.8, 4) is 0 Å². The second-order valence-electron chi connectivity index (χ2n) is 4.34. The Hall–Kier alpha value is -2.43. The number of hydrogen-bond donors (Lipinski definition) is 1. The zero-order valence-electron chi connectivity index (χ0n) is 10.4. The summed E-state index contributed by atoms with van der Waals surface area (Å²) in [5, 5.41) is 8.58. The van der Waals surface area contributed by atoms with Crippen molar-refractivity contribution in [2.24, 2.45) is 0 Å². The Kier molecular flexibility index (Phi) is 3.46. The number of amides is 2. The average Bonchev–Trinajstić information content (AvgIpc) is 2.67. The molecule has 1 aliphatic rings. The van der Waals surface area contributed by atoms with Crippen molar-refractivity contribution in [1.29, 1.82) is 0 Å². The van der Waals surface area contributed by atoms with Crippen LogP contribution >= 0.6 is 0 Å². The molecule has 98 valence electrons. The number of carbonyl (C=O) groups is 3. The Bertz CT molecular complexity index is 573. The van der Waals surface area contributed by atoms with Gasteiger partial charge in [0, 0.05) is 18.9 Å². The van der Waals surface area contributed by atoms with E-state index >= 15 is 0 Å². The third-order valence-corrected chi connectivity index (χ3v) is 2.97. The van der Waals surface area contributed by atoms with Crippen molar-refractivity contribution in [2.45, 2.75) is 19.8 Å².